The van der Waals surface area contributed by atoms with Crippen LogP contribution in [-0.2, 0) is 16.4 Å². The predicted molar refractivity (Wildman–Crippen MR) is 117 cm³/mol. The van der Waals surface area contributed by atoms with Crippen molar-refractivity contribution in [2.75, 3.05) is 12.1 Å². The Morgan fingerprint density at radius 3 is 2.55 bits per heavy atom. The molecular weight excluding hydrogens is 416 g/mol. The molecule has 1 aromatic heterocycles. The highest BCUT2D eigenvalue weighted by molar-refractivity contribution is 7.91. The van der Waals surface area contributed by atoms with E-state index in [4.69, 9.17) is 9.47 Å². The van der Waals surface area contributed by atoms with Crippen LogP contribution in [0, 0.1) is 13.8 Å². The summed E-state index contributed by atoms with van der Waals surface area (Å²) in [5.74, 6) is 0.788. The van der Waals surface area contributed by atoms with E-state index < -0.39 is 15.7 Å². The zero-order valence-corrected chi connectivity index (χ0v) is 18.0. The van der Waals surface area contributed by atoms with Gasteiger partial charge in [-0.05, 0) is 49.7 Å². The summed E-state index contributed by atoms with van der Waals surface area (Å²) in [6, 6.07) is 13.0. The molecule has 1 aliphatic heterocycles. The highest BCUT2D eigenvalue weighted by Crippen LogP contribution is 2.36. The van der Waals surface area contributed by atoms with Crippen molar-refractivity contribution in [1.29, 1.82) is 0 Å². The van der Waals surface area contributed by atoms with Crippen molar-refractivity contribution in [1.82, 2.24) is 4.57 Å². The molecule has 2 heterocycles. The van der Waals surface area contributed by atoms with Gasteiger partial charge in [0.15, 0.2) is 11.5 Å². The van der Waals surface area contributed by atoms with Gasteiger partial charge in [-0.15, -0.1) is 6.58 Å². The highest BCUT2D eigenvalue weighted by Gasteiger charge is 2.30. The average molecular weight is 439 g/mol. The van der Waals surface area contributed by atoms with Crippen LogP contribution in [0.5, 0.6) is 11.5 Å². The summed E-state index contributed by atoms with van der Waals surface area (Å²) in [5.41, 5.74) is 1.64. The van der Waals surface area contributed by atoms with Gasteiger partial charge in [-0.1, -0.05) is 24.3 Å². The number of amides is 1. The molecular formula is C23H22N2O5S. The van der Waals surface area contributed by atoms with Gasteiger partial charge in [-0.3, -0.25) is 4.79 Å². The maximum atomic E-state index is 13.5. The van der Waals surface area contributed by atoms with E-state index in [1.807, 2.05) is 6.92 Å². The molecule has 160 valence electrons. The number of fused-ring (bicyclic) bond motifs is 1. The van der Waals surface area contributed by atoms with E-state index in [0.29, 0.717) is 29.2 Å². The molecule has 0 atom stereocenters. The van der Waals surface area contributed by atoms with E-state index in [1.54, 1.807) is 66.1 Å². The second kappa shape index (κ2) is 7.96. The molecule has 1 aliphatic rings. The van der Waals surface area contributed by atoms with Crippen LogP contribution >= 0.6 is 0 Å². The third-order valence-corrected chi connectivity index (χ3v) is 7.20. The molecule has 31 heavy (non-hydrogen) atoms. The summed E-state index contributed by atoms with van der Waals surface area (Å²) in [6.45, 7) is 7.75. The van der Waals surface area contributed by atoms with Gasteiger partial charge >= 0.3 is 0 Å². The lowest BCUT2D eigenvalue weighted by Crippen LogP contribution is -2.18. The van der Waals surface area contributed by atoms with Crippen LogP contribution in [0.1, 0.15) is 21.6 Å². The predicted octanol–water partition coefficient (Wildman–Crippen LogP) is 4.10. The molecule has 0 spiro atoms. The third-order valence-electron chi connectivity index (χ3n) is 5.27. The number of aromatic nitrogens is 1. The first kappa shape index (κ1) is 20.7. The van der Waals surface area contributed by atoms with Crippen molar-refractivity contribution < 1.29 is 22.7 Å². The molecule has 3 aromatic rings. The van der Waals surface area contributed by atoms with Crippen LogP contribution in [0.2, 0.25) is 0 Å². The smallest absolute Gasteiger partial charge is 0.256 e. The minimum atomic E-state index is -3.87. The zero-order chi connectivity index (χ0) is 22.2. The van der Waals surface area contributed by atoms with Gasteiger partial charge in [0.25, 0.3) is 5.91 Å². The van der Waals surface area contributed by atoms with Crippen LogP contribution in [0.15, 0.2) is 71.0 Å². The Balaban J connectivity index is 1.82. The number of rotatable bonds is 6. The number of carbonyl (C=O) groups is 1. The second-order valence-electron chi connectivity index (χ2n) is 7.13. The molecule has 1 N–H and O–H groups in total. The summed E-state index contributed by atoms with van der Waals surface area (Å²) in [7, 11) is -3.87. The second-order valence-corrected chi connectivity index (χ2v) is 9.01. The number of hydrogen-bond donors (Lipinski definition) is 1. The maximum absolute atomic E-state index is 13.5. The molecule has 0 fully saturated rings. The van der Waals surface area contributed by atoms with Crippen LogP contribution in [0.4, 0.5) is 5.82 Å². The highest BCUT2D eigenvalue weighted by atomic mass is 32.2. The number of nitrogens with zero attached hydrogens (tertiary/aromatic N) is 1. The Kier molecular flexibility index (Phi) is 5.32. The van der Waals surface area contributed by atoms with Gasteiger partial charge in [0, 0.05) is 17.8 Å². The first-order chi connectivity index (χ1) is 14.8. The first-order valence-corrected chi connectivity index (χ1v) is 11.1. The minimum absolute atomic E-state index is 0.0761. The largest absolute Gasteiger partial charge is 0.454 e. The van der Waals surface area contributed by atoms with Gasteiger partial charge in [-0.2, -0.15) is 0 Å². The van der Waals surface area contributed by atoms with Crippen molar-refractivity contribution >= 4 is 21.6 Å². The Bertz CT molecular complexity index is 1280. The molecule has 1 amide bonds. The maximum Gasteiger partial charge on any atom is 0.256 e. The Morgan fingerprint density at radius 1 is 1.13 bits per heavy atom. The third kappa shape index (κ3) is 3.59. The van der Waals surface area contributed by atoms with Crippen LogP contribution in [0.25, 0.3) is 0 Å². The number of ether oxygens (including phenoxy) is 2. The molecule has 0 radical (unpaired) electrons. The quantitative estimate of drug-likeness (QED) is 0.586. The number of hydrogen-bond acceptors (Lipinski definition) is 5. The fraction of sp³-hybridized carbons (Fsp3) is 0.174. The fourth-order valence-electron chi connectivity index (χ4n) is 3.58. The van der Waals surface area contributed by atoms with Gasteiger partial charge in [0.05, 0.1) is 4.90 Å². The number of anilines is 1. The molecule has 4 rings (SSSR count). The lowest BCUT2D eigenvalue weighted by Gasteiger charge is -2.13. The summed E-state index contributed by atoms with van der Waals surface area (Å²) >= 11 is 0. The molecule has 7 nitrogen and oxygen atoms in total. The van der Waals surface area contributed by atoms with E-state index in [9.17, 15) is 13.2 Å². The molecule has 0 unspecified atom stereocenters. The summed E-state index contributed by atoms with van der Waals surface area (Å²) < 4.78 is 39.3. The zero-order valence-electron chi connectivity index (χ0n) is 17.2. The van der Waals surface area contributed by atoms with Crippen molar-refractivity contribution in [2.45, 2.75) is 30.2 Å². The lowest BCUT2D eigenvalue weighted by molar-refractivity contribution is 0.102. The molecule has 0 saturated carbocycles. The van der Waals surface area contributed by atoms with Crippen molar-refractivity contribution in [3.63, 3.8) is 0 Å². The van der Waals surface area contributed by atoms with Crippen molar-refractivity contribution in [3.8, 4) is 11.5 Å². The van der Waals surface area contributed by atoms with Crippen molar-refractivity contribution in [2.24, 2.45) is 0 Å². The van der Waals surface area contributed by atoms with Crippen LogP contribution < -0.4 is 14.8 Å². The molecule has 2 aromatic carbocycles. The fourth-order valence-corrected chi connectivity index (χ4v) is 5.30. The number of benzene rings is 2. The topological polar surface area (TPSA) is 86.6 Å². The van der Waals surface area contributed by atoms with Gasteiger partial charge in [0.1, 0.15) is 10.7 Å². The Hall–Kier alpha value is -3.52. The van der Waals surface area contributed by atoms with Gasteiger partial charge in [0.2, 0.25) is 16.6 Å². The SMILES string of the molecule is C=CCn1c(C)c(C)c(S(=O)(=O)c2ccccc2)c1NC(=O)c1ccc2c(c1)OCO2. The summed E-state index contributed by atoms with van der Waals surface area (Å²) in [5, 5.41) is 2.81. The molecule has 8 heteroatoms. The molecule has 0 aliphatic carbocycles. The number of sulfone groups is 1. The number of nitrogens with one attached hydrogen (secondary N) is 1. The monoisotopic (exact) mass is 438 g/mol. The normalized spacial score (nSPS) is 12.6. The number of carbonyl (C=O) groups excluding carboxylic acids is 1. The van der Waals surface area contributed by atoms with E-state index in [-0.39, 0.29) is 22.4 Å². The lowest BCUT2D eigenvalue weighted by atomic mass is 10.2. The average Bonchev–Trinajstić information content (AvgIpc) is 3.33. The molecule has 0 bridgehead atoms. The van der Waals surface area contributed by atoms with E-state index in [2.05, 4.69) is 11.9 Å². The van der Waals surface area contributed by atoms with Gasteiger partial charge < -0.3 is 19.4 Å². The van der Waals surface area contributed by atoms with Gasteiger partial charge in [-0.25, -0.2) is 8.42 Å². The Morgan fingerprint density at radius 2 is 1.84 bits per heavy atom. The summed E-state index contributed by atoms with van der Waals surface area (Å²) in [4.78, 5) is 13.3. The Labute approximate surface area is 180 Å². The van der Waals surface area contributed by atoms with Crippen LogP contribution in [-0.4, -0.2) is 25.7 Å². The van der Waals surface area contributed by atoms with Crippen LogP contribution in [0.3, 0.4) is 0 Å². The van der Waals surface area contributed by atoms with E-state index in [1.165, 1.54) is 0 Å². The van der Waals surface area contributed by atoms with Crippen molar-refractivity contribution in [3.05, 3.63) is 78.0 Å². The molecule has 0 saturated heterocycles. The minimum Gasteiger partial charge on any atom is -0.454 e. The standard InChI is InChI=1S/C23H22N2O5S/c1-4-12-25-16(3)15(2)21(31(27,28)18-8-6-5-7-9-18)22(25)24-23(26)17-10-11-19-20(13-17)30-14-29-19/h4-11,13H,1,12,14H2,2-3H3,(H,24,26). The first-order valence-electron chi connectivity index (χ1n) is 9.66. The van der Waals surface area contributed by atoms with E-state index >= 15 is 0 Å². The van der Waals surface area contributed by atoms with E-state index in [0.717, 1.165) is 5.69 Å². The number of allylic oxidation sites excluding steroid dienone is 1. The summed E-state index contributed by atoms with van der Waals surface area (Å²) in [6.07, 6.45) is 1.65.